The van der Waals surface area contributed by atoms with Gasteiger partial charge in [0.1, 0.15) is 0 Å². The average molecular weight is 291 g/mol. The smallest absolute Gasteiger partial charge is 0.226 e. The molecule has 1 amide bonds. The molecule has 0 aromatic heterocycles. The van der Waals surface area contributed by atoms with Crippen LogP contribution in [0.3, 0.4) is 0 Å². The molecule has 21 heavy (non-hydrogen) atoms. The minimum absolute atomic E-state index is 0.0437. The van der Waals surface area contributed by atoms with Crippen molar-refractivity contribution in [3.05, 3.63) is 12.2 Å². The van der Waals surface area contributed by atoms with E-state index in [0.29, 0.717) is 17.2 Å². The molecule has 2 atom stereocenters. The second-order valence-corrected chi connectivity index (χ2v) is 8.38. The maximum atomic E-state index is 12.6. The van der Waals surface area contributed by atoms with Gasteiger partial charge in [-0.05, 0) is 70.6 Å². The fourth-order valence-electron chi connectivity index (χ4n) is 3.29. The summed E-state index contributed by atoms with van der Waals surface area (Å²) in [4.78, 5) is 14.8. The molecular weight excluding hydrogens is 258 g/mol. The van der Waals surface area contributed by atoms with Crippen molar-refractivity contribution in [2.24, 2.45) is 17.3 Å². The predicted molar refractivity (Wildman–Crippen MR) is 89.1 cm³/mol. The molecule has 0 aromatic rings. The average Bonchev–Trinajstić information content (AvgIpc) is 3.27. The summed E-state index contributed by atoms with van der Waals surface area (Å²) < 4.78 is 0. The Kier molecular flexibility index (Phi) is 4.85. The zero-order valence-corrected chi connectivity index (χ0v) is 14.6. The molecular formula is C19H33NO. The van der Waals surface area contributed by atoms with Crippen molar-refractivity contribution < 1.29 is 4.79 Å². The Bertz CT molecular complexity index is 402. The molecule has 0 spiro atoms. The van der Waals surface area contributed by atoms with E-state index >= 15 is 0 Å². The van der Waals surface area contributed by atoms with Crippen molar-refractivity contribution in [1.29, 1.82) is 0 Å². The Balaban J connectivity index is 1.89. The first-order chi connectivity index (χ1) is 9.78. The van der Waals surface area contributed by atoms with Crippen molar-refractivity contribution in [1.82, 2.24) is 4.90 Å². The van der Waals surface area contributed by atoms with Gasteiger partial charge in [0.15, 0.2) is 0 Å². The van der Waals surface area contributed by atoms with E-state index in [1.807, 2.05) is 0 Å². The molecule has 2 heteroatoms. The molecule has 2 saturated carbocycles. The lowest BCUT2D eigenvalue weighted by Gasteiger charge is -2.38. The second-order valence-electron chi connectivity index (χ2n) is 8.38. The van der Waals surface area contributed by atoms with E-state index in [-0.39, 0.29) is 5.54 Å². The van der Waals surface area contributed by atoms with Gasteiger partial charge in [0, 0.05) is 18.0 Å². The number of rotatable bonds is 7. The highest BCUT2D eigenvalue weighted by molar-refractivity contribution is 5.81. The maximum Gasteiger partial charge on any atom is 0.226 e. The number of carbonyl (C=O) groups is 1. The Morgan fingerprint density at radius 1 is 1.29 bits per heavy atom. The predicted octanol–water partition coefficient (Wildman–Crippen LogP) is 4.80. The van der Waals surface area contributed by atoms with Crippen LogP contribution in [0, 0.1) is 17.3 Å². The fourth-order valence-corrected chi connectivity index (χ4v) is 3.29. The molecule has 2 aliphatic rings. The topological polar surface area (TPSA) is 20.3 Å². The van der Waals surface area contributed by atoms with Crippen LogP contribution in [-0.2, 0) is 4.79 Å². The number of nitrogens with zero attached hydrogens (tertiary/aromatic N) is 1. The van der Waals surface area contributed by atoms with Crippen LogP contribution < -0.4 is 0 Å². The summed E-state index contributed by atoms with van der Waals surface area (Å²) in [5.74, 6) is 1.54. The summed E-state index contributed by atoms with van der Waals surface area (Å²) in [6.07, 6.45) is 11.7. The number of carbonyl (C=O) groups excluding carboxylic acids is 1. The molecule has 2 fully saturated rings. The highest BCUT2D eigenvalue weighted by atomic mass is 16.2. The van der Waals surface area contributed by atoms with Gasteiger partial charge >= 0.3 is 0 Å². The van der Waals surface area contributed by atoms with Gasteiger partial charge < -0.3 is 4.90 Å². The summed E-state index contributed by atoms with van der Waals surface area (Å²) >= 11 is 0. The Morgan fingerprint density at radius 3 is 2.48 bits per heavy atom. The molecule has 2 unspecified atom stereocenters. The van der Waals surface area contributed by atoms with Crippen molar-refractivity contribution in [3.8, 4) is 0 Å². The maximum absolute atomic E-state index is 12.6. The van der Waals surface area contributed by atoms with Gasteiger partial charge in [0.25, 0.3) is 0 Å². The van der Waals surface area contributed by atoms with Gasteiger partial charge in [-0.3, -0.25) is 4.79 Å². The number of allylic oxidation sites excluding steroid dienone is 2. The third-order valence-corrected chi connectivity index (χ3v) is 5.14. The zero-order chi connectivity index (χ0) is 15.7. The highest BCUT2D eigenvalue weighted by Gasteiger charge is 2.52. The van der Waals surface area contributed by atoms with Crippen LogP contribution in [-0.4, -0.2) is 22.9 Å². The first kappa shape index (κ1) is 16.6. The Morgan fingerprint density at radius 2 is 1.95 bits per heavy atom. The highest BCUT2D eigenvalue weighted by Crippen LogP contribution is 2.56. The lowest BCUT2D eigenvalue weighted by molar-refractivity contribution is -0.138. The van der Waals surface area contributed by atoms with E-state index in [9.17, 15) is 4.79 Å². The largest absolute Gasteiger partial charge is 0.337 e. The van der Waals surface area contributed by atoms with Gasteiger partial charge in [0.05, 0.1) is 0 Å². The molecule has 0 aliphatic heterocycles. The van der Waals surface area contributed by atoms with E-state index in [1.165, 1.54) is 19.3 Å². The van der Waals surface area contributed by atoms with Gasteiger partial charge in [-0.15, -0.1) is 0 Å². The van der Waals surface area contributed by atoms with Gasteiger partial charge in [-0.25, -0.2) is 0 Å². The van der Waals surface area contributed by atoms with Gasteiger partial charge in [0.2, 0.25) is 5.91 Å². The molecule has 120 valence electrons. The first-order valence-electron chi connectivity index (χ1n) is 8.74. The van der Waals surface area contributed by atoms with Gasteiger partial charge in [-0.1, -0.05) is 26.0 Å². The normalized spacial score (nSPS) is 28.9. The fraction of sp³-hybridized carbons (Fsp3) is 0.842. The van der Waals surface area contributed by atoms with Crippen LogP contribution in [0.15, 0.2) is 12.2 Å². The zero-order valence-electron chi connectivity index (χ0n) is 14.6. The van der Waals surface area contributed by atoms with Crippen LogP contribution in [0.5, 0.6) is 0 Å². The summed E-state index contributed by atoms with van der Waals surface area (Å²) in [6.45, 7) is 12.0. The molecule has 0 N–H and O–H groups in total. The van der Waals surface area contributed by atoms with E-state index in [0.717, 1.165) is 31.7 Å². The Labute approximate surface area is 131 Å². The van der Waals surface area contributed by atoms with E-state index in [1.54, 1.807) is 0 Å². The summed E-state index contributed by atoms with van der Waals surface area (Å²) in [5.41, 5.74) is 0.315. The minimum atomic E-state index is -0.0437. The second kappa shape index (κ2) is 6.14. The molecule has 2 rings (SSSR count). The molecule has 2 aliphatic carbocycles. The SMILES string of the molecule is CCC=CCCC1CC1(C)CN(C(=O)C1CC1)C(C)(C)C. The summed E-state index contributed by atoms with van der Waals surface area (Å²) in [5, 5.41) is 0. The molecule has 0 aromatic carbocycles. The lowest BCUT2D eigenvalue weighted by atomic mass is 9.97. The Hall–Kier alpha value is -0.790. The van der Waals surface area contributed by atoms with Crippen molar-refractivity contribution >= 4 is 5.91 Å². The van der Waals surface area contributed by atoms with Crippen molar-refractivity contribution in [2.45, 2.75) is 78.7 Å². The molecule has 0 bridgehead atoms. The quantitative estimate of drug-likeness (QED) is 0.617. The molecule has 0 saturated heterocycles. The summed E-state index contributed by atoms with van der Waals surface area (Å²) in [6, 6.07) is 0. The van der Waals surface area contributed by atoms with Crippen LogP contribution in [0.25, 0.3) is 0 Å². The van der Waals surface area contributed by atoms with Crippen LogP contribution in [0.1, 0.15) is 73.1 Å². The van der Waals surface area contributed by atoms with Crippen molar-refractivity contribution in [3.63, 3.8) is 0 Å². The van der Waals surface area contributed by atoms with E-state index in [2.05, 4.69) is 51.7 Å². The number of hydrogen-bond acceptors (Lipinski definition) is 1. The number of amides is 1. The van der Waals surface area contributed by atoms with E-state index < -0.39 is 0 Å². The summed E-state index contributed by atoms with van der Waals surface area (Å²) in [7, 11) is 0. The van der Waals surface area contributed by atoms with E-state index in [4.69, 9.17) is 0 Å². The molecule has 0 radical (unpaired) electrons. The third kappa shape index (κ3) is 4.34. The van der Waals surface area contributed by atoms with Crippen LogP contribution >= 0.6 is 0 Å². The lowest BCUT2D eigenvalue weighted by Crippen LogP contribution is -2.49. The number of hydrogen-bond donors (Lipinski definition) is 0. The first-order valence-corrected chi connectivity index (χ1v) is 8.74. The third-order valence-electron chi connectivity index (χ3n) is 5.14. The minimum Gasteiger partial charge on any atom is -0.337 e. The van der Waals surface area contributed by atoms with Crippen LogP contribution in [0.2, 0.25) is 0 Å². The monoisotopic (exact) mass is 291 g/mol. The van der Waals surface area contributed by atoms with Crippen molar-refractivity contribution in [2.75, 3.05) is 6.54 Å². The standard InChI is InChI=1S/C19H33NO/c1-6-7-8-9-10-16-13-19(16,5)14-20(18(2,3)4)17(21)15-11-12-15/h7-8,15-16H,6,9-14H2,1-5H3. The molecule has 2 nitrogen and oxygen atoms in total. The molecule has 0 heterocycles. The van der Waals surface area contributed by atoms with Crippen LogP contribution in [0.4, 0.5) is 0 Å². The van der Waals surface area contributed by atoms with Gasteiger partial charge in [-0.2, -0.15) is 0 Å².